The lowest BCUT2D eigenvalue weighted by molar-refractivity contribution is -0.0468. The lowest BCUT2D eigenvalue weighted by atomic mass is 9.87. The van der Waals surface area contributed by atoms with Gasteiger partial charge in [-0.2, -0.15) is 8.78 Å². The molecule has 124 valence electrons. The zero-order chi connectivity index (χ0) is 16.7. The third-order valence-corrected chi connectivity index (χ3v) is 4.44. The number of para-hydroxylation sites is 2. The van der Waals surface area contributed by atoms with Gasteiger partial charge in [0.2, 0.25) is 0 Å². The molecule has 1 aliphatic heterocycles. The number of hydrogen-bond donors (Lipinski definition) is 0. The fraction of sp³-hybridized carbons (Fsp3) is 0.316. The normalized spacial score (nSPS) is 17.5. The highest BCUT2D eigenvalue weighted by Gasteiger charge is 2.41. The lowest BCUT2D eigenvalue weighted by Gasteiger charge is -2.28. The smallest absolute Gasteiger partial charge is 0.323 e. The van der Waals surface area contributed by atoms with Crippen LogP contribution < -0.4 is 4.74 Å². The summed E-state index contributed by atoms with van der Waals surface area (Å²) in [7, 11) is 0. The van der Waals surface area contributed by atoms with Gasteiger partial charge in [-0.15, -0.1) is 0 Å². The highest BCUT2D eigenvalue weighted by Crippen LogP contribution is 2.44. The number of halogens is 2. The van der Waals surface area contributed by atoms with E-state index in [1.807, 2.05) is 25.1 Å². The van der Waals surface area contributed by atoms with Gasteiger partial charge in [0.15, 0.2) is 5.58 Å². The molecule has 0 saturated carbocycles. The van der Waals surface area contributed by atoms with Crippen molar-refractivity contribution in [2.24, 2.45) is 0 Å². The first kappa shape index (κ1) is 15.1. The van der Waals surface area contributed by atoms with Gasteiger partial charge in [0.1, 0.15) is 11.3 Å². The predicted molar refractivity (Wildman–Crippen MR) is 86.6 cm³/mol. The maximum atomic E-state index is 14.8. The number of aromatic nitrogens is 1. The van der Waals surface area contributed by atoms with E-state index in [4.69, 9.17) is 9.15 Å². The molecule has 1 aliphatic rings. The summed E-state index contributed by atoms with van der Waals surface area (Å²) >= 11 is 0. The van der Waals surface area contributed by atoms with Crippen LogP contribution in [0.1, 0.15) is 35.8 Å². The zero-order valence-electron chi connectivity index (χ0n) is 13.3. The monoisotopic (exact) mass is 329 g/mol. The number of rotatable bonds is 3. The molecule has 1 atom stereocenters. The zero-order valence-corrected chi connectivity index (χ0v) is 13.3. The average molecular weight is 329 g/mol. The van der Waals surface area contributed by atoms with E-state index in [0.29, 0.717) is 29.9 Å². The van der Waals surface area contributed by atoms with Crippen LogP contribution in [0, 0.1) is 6.92 Å². The van der Waals surface area contributed by atoms with Crippen molar-refractivity contribution in [1.29, 1.82) is 0 Å². The minimum Gasteiger partial charge on any atom is -0.493 e. The Morgan fingerprint density at radius 3 is 2.88 bits per heavy atom. The topological polar surface area (TPSA) is 35.3 Å². The number of ether oxygens (including phenoxy) is 1. The van der Waals surface area contributed by atoms with Crippen LogP contribution in [0.15, 0.2) is 46.9 Å². The van der Waals surface area contributed by atoms with Crippen molar-refractivity contribution in [3.63, 3.8) is 0 Å². The van der Waals surface area contributed by atoms with Crippen LogP contribution >= 0.6 is 0 Å². The summed E-state index contributed by atoms with van der Waals surface area (Å²) in [6.45, 7) is 2.40. The van der Waals surface area contributed by atoms with Gasteiger partial charge in [0.05, 0.1) is 6.61 Å². The summed E-state index contributed by atoms with van der Waals surface area (Å²) in [5.41, 5.74) is 2.72. The van der Waals surface area contributed by atoms with Crippen molar-refractivity contribution in [3.05, 3.63) is 59.5 Å². The number of hydrogen-bond acceptors (Lipinski definition) is 3. The molecule has 1 unspecified atom stereocenters. The first-order valence-electron chi connectivity index (χ1n) is 8.00. The van der Waals surface area contributed by atoms with Crippen LogP contribution in [-0.2, 0) is 5.92 Å². The molecule has 24 heavy (non-hydrogen) atoms. The second kappa shape index (κ2) is 5.58. The van der Waals surface area contributed by atoms with Crippen molar-refractivity contribution in [2.45, 2.75) is 31.6 Å². The molecular weight excluding hydrogens is 312 g/mol. The molecule has 0 N–H and O–H groups in total. The summed E-state index contributed by atoms with van der Waals surface area (Å²) < 4.78 is 40.4. The first-order valence-corrected chi connectivity index (χ1v) is 8.00. The van der Waals surface area contributed by atoms with Gasteiger partial charge in [0.25, 0.3) is 5.89 Å². The third kappa shape index (κ3) is 2.64. The van der Waals surface area contributed by atoms with Crippen LogP contribution in [-0.4, -0.2) is 11.6 Å². The van der Waals surface area contributed by atoms with E-state index in [-0.39, 0.29) is 12.3 Å². The van der Waals surface area contributed by atoms with Crippen molar-refractivity contribution < 1.29 is 17.9 Å². The highest BCUT2D eigenvalue weighted by atomic mass is 19.3. The molecule has 0 spiro atoms. The molecule has 2 heterocycles. The van der Waals surface area contributed by atoms with Gasteiger partial charge in [-0.05, 0) is 43.0 Å². The molecule has 0 fully saturated rings. The van der Waals surface area contributed by atoms with E-state index in [1.165, 1.54) is 0 Å². The minimum absolute atomic E-state index is 0.279. The quantitative estimate of drug-likeness (QED) is 0.664. The van der Waals surface area contributed by atoms with Crippen molar-refractivity contribution in [2.75, 3.05) is 6.61 Å². The fourth-order valence-electron chi connectivity index (χ4n) is 3.22. The molecule has 0 radical (unpaired) electrons. The van der Waals surface area contributed by atoms with Crippen molar-refractivity contribution in [1.82, 2.24) is 4.98 Å². The maximum absolute atomic E-state index is 14.8. The molecule has 0 aliphatic carbocycles. The van der Waals surface area contributed by atoms with Crippen LogP contribution in [0.5, 0.6) is 5.75 Å². The van der Waals surface area contributed by atoms with Gasteiger partial charge in [-0.3, -0.25) is 0 Å². The number of fused-ring (bicyclic) bond motifs is 2. The second-order valence-corrected chi connectivity index (χ2v) is 6.27. The molecule has 3 nitrogen and oxygen atoms in total. The second-order valence-electron chi connectivity index (χ2n) is 6.27. The minimum atomic E-state index is -3.12. The fourth-order valence-corrected chi connectivity index (χ4v) is 3.22. The summed E-state index contributed by atoms with van der Waals surface area (Å²) in [6.07, 6.45) is 0.228. The number of benzene rings is 2. The lowest BCUT2D eigenvalue weighted by Crippen LogP contribution is -2.22. The summed E-state index contributed by atoms with van der Waals surface area (Å²) in [6, 6.07) is 12.5. The van der Waals surface area contributed by atoms with Gasteiger partial charge >= 0.3 is 5.92 Å². The standard InChI is InChI=1S/C19H17F2NO2/c1-12-6-7-16-14(10-12)13(8-9-23-16)11-19(20,21)18-22-15-4-2-3-5-17(15)24-18/h2-7,10,13H,8-9,11H2,1H3. The number of aryl methyl sites for hydroxylation is 1. The van der Waals surface area contributed by atoms with E-state index in [2.05, 4.69) is 4.98 Å². The van der Waals surface area contributed by atoms with E-state index in [1.54, 1.807) is 24.3 Å². The van der Waals surface area contributed by atoms with Gasteiger partial charge < -0.3 is 9.15 Å². The number of alkyl halides is 2. The van der Waals surface area contributed by atoms with Crippen molar-refractivity contribution >= 4 is 11.1 Å². The SMILES string of the molecule is Cc1ccc2c(c1)C(CC(F)(F)c1nc3ccccc3o1)CCO2. The van der Waals surface area contributed by atoms with E-state index in [9.17, 15) is 8.78 Å². The Labute approximate surface area is 138 Å². The Balaban J connectivity index is 1.66. The Morgan fingerprint density at radius 2 is 2.04 bits per heavy atom. The maximum Gasteiger partial charge on any atom is 0.323 e. The Bertz CT molecular complexity index is 855. The van der Waals surface area contributed by atoms with E-state index < -0.39 is 11.8 Å². The molecule has 0 amide bonds. The molecule has 4 rings (SSSR count). The van der Waals surface area contributed by atoms with Crippen LogP contribution in [0.3, 0.4) is 0 Å². The Kier molecular flexibility index (Phi) is 3.52. The van der Waals surface area contributed by atoms with Crippen LogP contribution in [0.2, 0.25) is 0 Å². The molecule has 0 saturated heterocycles. The molecule has 5 heteroatoms. The van der Waals surface area contributed by atoms with Crippen LogP contribution in [0.25, 0.3) is 11.1 Å². The summed E-state index contributed by atoms with van der Waals surface area (Å²) in [5, 5.41) is 0. The predicted octanol–water partition coefficient (Wildman–Crippen LogP) is 5.18. The van der Waals surface area contributed by atoms with Crippen molar-refractivity contribution in [3.8, 4) is 5.75 Å². The van der Waals surface area contributed by atoms with Gasteiger partial charge in [-0.25, -0.2) is 4.98 Å². The molecular formula is C19H17F2NO2. The number of nitrogens with zero attached hydrogens (tertiary/aromatic N) is 1. The number of oxazole rings is 1. The summed E-state index contributed by atoms with van der Waals surface area (Å²) in [4.78, 5) is 3.98. The average Bonchev–Trinajstić information content (AvgIpc) is 3.00. The first-order chi connectivity index (χ1) is 11.5. The van der Waals surface area contributed by atoms with Gasteiger partial charge in [-0.1, -0.05) is 29.8 Å². The Hall–Kier alpha value is -2.43. The van der Waals surface area contributed by atoms with Crippen LogP contribution in [0.4, 0.5) is 8.78 Å². The molecule has 2 aromatic carbocycles. The summed E-state index contributed by atoms with van der Waals surface area (Å²) in [5.74, 6) is -3.21. The largest absolute Gasteiger partial charge is 0.493 e. The highest BCUT2D eigenvalue weighted by molar-refractivity contribution is 5.72. The van der Waals surface area contributed by atoms with Gasteiger partial charge in [0, 0.05) is 6.42 Å². The van der Waals surface area contributed by atoms with E-state index in [0.717, 1.165) is 11.1 Å². The molecule has 0 bridgehead atoms. The Morgan fingerprint density at radius 1 is 1.21 bits per heavy atom. The molecule has 3 aromatic rings. The third-order valence-electron chi connectivity index (χ3n) is 4.44. The van der Waals surface area contributed by atoms with E-state index >= 15 is 0 Å². The molecule has 1 aromatic heterocycles.